The number of carbonyl (C=O) groups excluding carboxylic acids is 1. The van der Waals surface area contributed by atoms with Gasteiger partial charge in [0.15, 0.2) is 5.76 Å². The zero-order chi connectivity index (χ0) is 14.4. The maximum absolute atomic E-state index is 12.1. The number of aliphatic hydroxyl groups is 1. The van der Waals surface area contributed by atoms with Gasteiger partial charge in [-0.3, -0.25) is 4.79 Å². The van der Waals surface area contributed by atoms with Crippen LogP contribution in [0, 0.1) is 0 Å². The molecule has 4 nitrogen and oxygen atoms in total. The summed E-state index contributed by atoms with van der Waals surface area (Å²) in [6.07, 6.45) is 1.97. The summed E-state index contributed by atoms with van der Waals surface area (Å²) >= 11 is 1.63. The van der Waals surface area contributed by atoms with Crippen molar-refractivity contribution in [3.63, 3.8) is 0 Å². The Hall–Kier alpha value is -1.72. The van der Waals surface area contributed by atoms with Crippen LogP contribution in [0.1, 0.15) is 27.9 Å². The highest BCUT2D eigenvalue weighted by atomic mass is 32.2. The van der Waals surface area contributed by atoms with Crippen LogP contribution in [0.4, 0.5) is 0 Å². The zero-order valence-electron chi connectivity index (χ0n) is 11.2. The van der Waals surface area contributed by atoms with Gasteiger partial charge in [-0.05, 0) is 24.0 Å². The molecule has 0 saturated carbocycles. The number of rotatable bonds is 6. The van der Waals surface area contributed by atoms with Crippen molar-refractivity contribution in [2.75, 3.05) is 12.9 Å². The molecule has 0 fully saturated rings. The molecule has 1 aromatic heterocycles. The van der Waals surface area contributed by atoms with Gasteiger partial charge in [0.1, 0.15) is 5.76 Å². The molecule has 0 saturated heterocycles. The van der Waals surface area contributed by atoms with Crippen LogP contribution in [-0.4, -0.2) is 23.9 Å². The van der Waals surface area contributed by atoms with E-state index in [9.17, 15) is 9.90 Å². The molecule has 20 heavy (non-hydrogen) atoms. The SMILES string of the molecule is CSCc1ccc(C(=O)N[C@H](CO)c2ccccc2)o1. The molecule has 1 amide bonds. The van der Waals surface area contributed by atoms with Crippen LogP contribution >= 0.6 is 11.8 Å². The first-order chi connectivity index (χ1) is 9.74. The third-order valence-corrected chi connectivity index (χ3v) is 3.44. The lowest BCUT2D eigenvalue weighted by Crippen LogP contribution is -2.30. The van der Waals surface area contributed by atoms with Gasteiger partial charge in [0.2, 0.25) is 0 Å². The Kier molecular flexibility index (Phi) is 5.26. The number of hydrogen-bond donors (Lipinski definition) is 2. The molecule has 1 heterocycles. The van der Waals surface area contributed by atoms with Gasteiger partial charge in [0.05, 0.1) is 18.4 Å². The van der Waals surface area contributed by atoms with Crippen molar-refractivity contribution in [3.05, 3.63) is 59.5 Å². The molecule has 2 rings (SSSR count). The molecule has 5 heteroatoms. The van der Waals surface area contributed by atoms with Gasteiger partial charge in [-0.1, -0.05) is 30.3 Å². The molecule has 0 bridgehead atoms. The molecular formula is C15H17NO3S. The Morgan fingerprint density at radius 2 is 2.05 bits per heavy atom. The fourth-order valence-electron chi connectivity index (χ4n) is 1.87. The van der Waals surface area contributed by atoms with E-state index in [0.29, 0.717) is 0 Å². The number of amides is 1. The van der Waals surface area contributed by atoms with E-state index in [0.717, 1.165) is 17.1 Å². The van der Waals surface area contributed by atoms with Gasteiger partial charge in [-0.2, -0.15) is 11.8 Å². The highest BCUT2D eigenvalue weighted by Gasteiger charge is 2.17. The Labute approximate surface area is 122 Å². The van der Waals surface area contributed by atoms with Crippen molar-refractivity contribution in [3.8, 4) is 0 Å². The maximum Gasteiger partial charge on any atom is 0.287 e. The molecule has 0 aliphatic heterocycles. The Morgan fingerprint density at radius 3 is 2.70 bits per heavy atom. The van der Waals surface area contributed by atoms with Gasteiger partial charge in [-0.15, -0.1) is 0 Å². The summed E-state index contributed by atoms with van der Waals surface area (Å²) in [7, 11) is 0. The average Bonchev–Trinajstić information content (AvgIpc) is 2.94. The summed E-state index contributed by atoms with van der Waals surface area (Å²) in [5.41, 5.74) is 0.860. The van der Waals surface area contributed by atoms with Crippen molar-refractivity contribution in [2.24, 2.45) is 0 Å². The fraction of sp³-hybridized carbons (Fsp3) is 0.267. The molecular weight excluding hydrogens is 274 g/mol. The number of nitrogens with one attached hydrogen (secondary N) is 1. The van der Waals surface area contributed by atoms with Crippen LogP contribution in [0.15, 0.2) is 46.9 Å². The van der Waals surface area contributed by atoms with E-state index in [4.69, 9.17) is 4.42 Å². The van der Waals surface area contributed by atoms with Gasteiger partial charge in [0, 0.05) is 0 Å². The van der Waals surface area contributed by atoms with Gasteiger partial charge in [0.25, 0.3) is 5.91 Å². The van der Waals surface area contributed by atoms with Crippen LogP contribution in [0.2, 0.25) is 0 Å². The van der Waals surface area contributed by atoms with Crippen LogP contribution < -0.4 is 5.32 Å². The molecule has 2 N–H and O–H groups in total. The normalized spacial score (nSPS) is 12.1. The summed E-state index contributed by atoms with van der Waals surface area (Å²) in [5.74, 6) is 1.45. The second kappa shape index (κ2) is 7.17. The van der Waals surface area contributed by atoms with Crippen LogP contribution in [-0.2, 0) is 5.75 Å². The monoisotopic (exact) mass is 291 g/mol. The number of furan rings is 1. The lowest BCUT2D eigenvalue weighted by Gasteiger charge is -2.15. The molecule has 0 radical (unpaired) electrons. The van der Waals surface area contributed by atoms with E-state index in [1.54, 1.807) is 23.9 Å². The third-order valence-electron chi connectivity index (χ3n) is 2.86. The standard InChI is InChI=1S/C15H17NO3S/c1-20-10-12-7-8-14(19-12)15(18)16-13(9-17)11-5-3-2-4-6-11/h2-8,13,17H,9-10H2,1H3,(H,16,18)/t13-/m1/s1. The predicted molar refractivity (Wildman–Crippen MR) is 79.7 cm³/mol. The Balaban J connectivity index is 2.05. The molecule has 0 unspecified atom stereocenters. The Bertz CT molecular complexity index is 553. The first-order valence-corrected chi connectivity index (χ1v) is 7.68. The maximum atomic E-state index is 12.1. The van der Waals surface area contributed by atoms with Crippen molar-refractivity contribution < 1.29 is 14.3 Å². The second-order valence-electron chi connectivity index (χ2n) is 4.32. The average molecular weight is 291 g/mol. The van der Waals surface area contributed by atoms with E-state index in [1.165, 1.54) is 0 Å². The lowest BCUT2D eigenvalue weighted by molar-refractivity contribution is 0.0887. The van der Waals surface area contributed by atoms with Crippen molar-refractivity contribution in [1.29, 1.82) is 0 Å². The van der Waals surface area contributed by atoms with Gasteiger partial charge < -0.3 is 14.8 Å². The minimum Gasteiger partial charge on any atom is -0.455 e. The smallest absolute Gasteiger partial charge is 0.287 e. The van der Waals surface area contributed by atoms with Crippen molar-refractivity contribution in [2.45, 2.75) is 11.8 Å². The number of benzene rings is 1. The van der Waals surface area contributed by atoms with E-state index in [1.807, 2.05) is 36.6 Å². The van der Waals surface area contributed by atoms with E-state index in [-0.39, 0.29) is 18.3 Å². The minimum atomic E-state index is -0.433. The molecule has 0 spiro atoms. The molecule has 1 atom stereocenters. The van der Waals surface area contributed by atoms with E-state index in [2.05, 4.69) is 5.32 Å². The minimum absolute atomic E-state index is 0.159. The van der Waals surface area contributed by atoms with Crippen molar-refractivity contribution >= 4 is 17.7 Å². The van der Waals surface area contributed by atoms with Crippen LogP contribution in [0.5, 0.6) is 0 Å². The lowest BCUT2D eigenvalue weighted by atomic mass is 10.1. The molecule has 1 aromatic carbocycles. The largest absolute Gasteiger partial charge is 0.455 e. The van der Waals surface area contributed by atoms with E-state index >= 15 is 0 Å². The summed E-state index contributed by atoms with van der Waals surface area (Å²) in [5, 5.41) is 12.2. The number of thioether (sulfide) groups is 1. The molecule has 106 valence electrons. The first kappa shape index (κ1) is 14.7. The van der Waals surface area contributed by atoms with Crippen molar-refractivity contribution in [1.82, 2.24) is 5.32 Å². The van der Waals surface area contributed by atoms with Gasteiger partial charge in [-0.25, -0.2) is 0 Å². The van der Waals surface area contributed by atoms with E-state index < -0.39 is 6.04 Å². The summed E-state index contributed by atoms with van der Waals surface area (Å²) in [6.45, 7) is -0.159. The van der Waals surface area contributed by atoms with Gasteiger partial charge >= 0.3 is 0 Å². The highest BCUT2D eigenvalue weighted by Crippen LogP contribution is 2.16. The zero-order valence-corrected chi connectivity index (χ0v) is 12.0. The molecule has 2 aromatic rings. The summed E-state index contributed by atoms with van der Waals surface area (Å²) in [6, 6.07) is 12.4. The fourth-order valence-corrected chi connectivity index (χ4v) is 2.31. The van der Waals surface area contributed by atoms with Crippen LogP contribution in [0.3, 0.4) is 0 Å². The predicted octanol–water partition coefficient (Wildman–Crippen LogP) is 2.61. The topological polar surface area (TPSA) is 62.5 Å². The summed E-state index contributed by atoms with van der Waals surface area (Å²) < 4.78 is 5.45. The first-order valence-electron chi connectivity index (χ1n) is 6.29. The molecule has 0 aliphatic carbocycles. The number of carbonyl (C=O) groups is 1. The Morgan fingerprint density at radius 1 is 1.30 bits per heavy atom. The quantitative estimate of drug-likeness (QED) is 0.859. The summed E-state index contributed by atoms with van der Waals surface area (Å²) in [4.78, 5) is 12.1. The highest BCUT2D eigenvalue weighted by molar-refractivity contribution is 7.97. The third kappa shape index (κ3) is 3.65. The number of hydrogen-bond acceptors (Lipinski definition) is 4. The number of aliphatic hydroxyl groups excluding tert-OH is 1. The second-order valence-corrected chi connectivity index (χ2v) is 5.18. The molecule has 0 aliphatic rings. The van der Waals surface area contributed by atoms with Crippen LogP contribution in [0.25, 0.3) is 0 Å².